The Labute approximate surface area is 149 Å². The molecule has 0 fully saturated rings. The first-order valence-corrected chi connectivity index (χ1v) is 7.72. The maximum absolute atomic E-state index is 11.8. The first-order chi connectivity index (χ1) is 12.7. The Bertz CT molecular complexity index is 911. The minimum absolute atomic E-state index is 0.224. The molecule has 0 unspecified atom stereocenters. The molecule has 0 radical (unpaired) electrons. The number of rotatable bonds is 5. The van der Waals surface area contributed by atoms with E-state index in [9.17, 15) is 9.59 Å². The normalized spacial score (nSPS) is 10.5. The van der Waals surface area contributed by atoms with E-state index >= 15 is 0 Å². The van der Waals surface area contributed by atoms with E-state index in [2.05, 4.69) is 20.7 Å². The molecule has 26 heavy (non-hydrogen) atoms. The first kappa shape index (κ1) is 17.0. The summed E-state index contributed by atoms with van der Waals surface area (Å²) in [5, 5.41) is 7.49. The predicted octanol–water partition coefficient (Wildman–Crippen LogP) is 4.19. The summed E-state index contributed by atoms with van der Waals surface area (Å²) in [5.74, 6) is -1.01. The molecule has 2 aromatic carbocycles. The lowest BCUT2D eigenvalue weighted by Gasteiger charge is -2.06. The smallest absolute Gasteiger partial charge is 0.338 e. The third kappa shape index (κ3) is 4.57. The Balaban J connectivity index is 1.56. The average molecular weight is 346 g/mol. The van der Waals surface area contributed by atoms with E-state index in [-0.39, 0.29) is 5.69 Å². The van der Waals surface area contributed by atoms with Crippen LogP contribution in [0.15, 0.2) is 89.2 Å². The number of pyridine rings is 1. The minimum atomic E-state index is -0.524. The number of anilines is 1. The van der Waals surface area contributed by atoms with Gasteiger partial charge in [-0.3, -0.25) is 9.78 Å². The monoisotopic (exact) mass is 346 g/mol. The van der Waals surface area contributed by atoms with Gasteiger partial charge in [-0.2, -0.15) is 0 Å². The number of hydrogen-bond donors (Lipinski definition) is 1. The number of amides is 1. The summed E-state index contributed by atoms with van der Waals surface area (Å²) >= 11 is 0. The van der Waals surface area contributed by atoms with Gasteiger partial charge in [0.15, 0.2) is 0 Å². The standard InChI is InChI=1S/C19H14N4O3/c24-18(17-8-4-5-13-20-17)22-21-15-9-11-16(12-10-15)23-26-19(25)14-6-2-1-3-7-14/h1-13,23H. The zero-order valence-electron chi connectivity index (χ0n) is 13.6. The maximum atomic E-state index is 11.8. The topological polar surface area (TPSA) is 93.0 Å². The Hall–Kier alpha value is -3.87. The van der Waals surface area contributed by atoms with Gasteiger partial charge in [-0.05, 0) is 48.5 Å². The molecular weight excluding hydrogens is 332 g/mol. The first-order valence-electron chi connectivity index (χ1n) is 7.72. The SMILES string of the molecule is O=C(ONc1ccc(N=NC(=O)c2ccccn2)cc1)c1ccccc1. The third-order valence-electron chi connectivity index (χ3n) is 3.28. The van der Waals surface area contributed by atoms with E-state index in [0.717, 1.165) is 0 Å². The van der Waals surface area contributed by atoms with Crippen molar-refractivity contribution in [2.24, 2.45) is 10.2 Å². The lowest BCUT2D eigenvalue weighted by atomic mass is 10.2. The highest BCUT2D eigenvalue weighted by atomic mass is 16.7. The molecule has 0 aliphatic rings. The van der Waals surface area contributed by atoms with Gasteiger partial charge in [-0.1, -0.05) is 24.3 Å². The second kappa shape index (κ2) is 8.29. The second-order valence-corrected chi connectivity index (χ2v) is 5.12. The number of carbonyl (C=O) groups excluding carboxylic acids is 2. The summed E-state index contributed by atoms with van der Waals surface area (Å²) in [6.45, 7) is 0. The molecule has 1 amide bonds. The van der Waals surface area contributed by atoms with Crippen LogP contribution >= 0.6 is 0 Å². The molecule has 3 rings (SSSR count). The average Bonchev–Trinajstić information content (AvgIpc) is 2.72. The van der Waals surface area contributed by atoms with Crippen molar-refractivity contribution in [1.29, 1.82) is 0 Å². The minimum Gasteiger partial charge on any atom is -0.338 e. The number of benzene rings is 2. The number of aromatic nitrogens is 1. The molecule has 0 saturated carbocycles. The number of azo groups is 1. The van der Waals surface area contributed by atoms with Crippen LogP contribution < -0.4 is 5.48 Å². The third-order valence-corrected chi connectivity index (χ3v) is 3.28. The van der Waals surface area contributed by atoms with Crippen LogP contribution in [0.25, 0.3) is 0 Å². The Morgan fingerprint density at radius 2 is 1.62 bits per heavy atom. The van der Waals surface area contributed by atoms with Gasteiger partial charge in [0.05, 0.1) is 16.9 Å². The largest absolute Gasteiger partial charge is 0.362 e. The number of nitrogens with zero attached hydrogens (tertiary/aromatic N) is 3. The highest BCUT2D eigenvalue weighted by Gasteiger charge is 2.06. The molecule has 1 heterocycles. The molecular formula is C19H14N4O3. The molecule has 7 nitrogen and oxygen atoms in total. The van der Waals surface area contributed by atoms with Crippen LogP contribution in [0.2, 0.25) is 0 Å². The summed E-state index contributed by atoms with van der Waals surface area (Å²) in [5.41, 5.74) is 4.27. The fourth-order valence-corrected chi connectivity index (χ4v) is 1.98. The number of hydrogen-bond acceptors (Lipinski definition) is 6. The van der Waals surface area contributed by atoms with Gasteiger partial charge >= 0.3 is 11.9 Å². The molecule has 0 aliphatic carbocycles. The van der Waals surface area contributed by atoms with Crippen LogP contribution in [0.3, 0.4) is 0 Å². The quantitative estimate of drug-likeness (QED) is 0.552. The summed E-state index contributed by atoms with van der Waals surface area (Å²) in [6, 6.07) is 20.2. The zero-order valence-corrected chi connectivity index (χ0v) is 13.6. The molecule has 0 saturated heterocycles. The van der Waals surface area contributed by atoms with E-state index in [0.29, 0.717) is 16.9 Å². The Kier molecular flexibility index (Phi) is 5.41. The molecule has 7 heteroatoms. The fraction of sp³-hybridized carbons (Fsp3) is 0. The van der Waals surface area contributed by atoms with Crippen LogP contribution in [0.5, 0.6) is 0 Å². The van der Waals surface area contributed by atoms with Crippen molar-refractivity contribution in [2.75, 3.05) is 5.48 Å². The van der Waals surface area contributed by atoms with Crippen molar-refractivity contribution in [1.82, 2.24) is 4.98 Å². The molecule has 0 bridgehead atoms. The van der Waals surface area contributed by atoms with Gasteiger partial charge in [0.1, 0.15) is 5.69 Å². The van der Waals surface area contributed by atoms with E-state index in [1.165, 1.54) is 6.20 Å². The lowest BCUT2D eigenvalue weighted by molar-refractivity contribution is 0.0596. The van der Waals surface area contributed by atoms with Crippen LogP contribution in [0.1, 0.15) is 20.8 Å². The van der Waals surface area contributed by atoms with Crippen LogP contribution in [-0.2, 0) is 4.84 Å². The van der Waals surface area contributed by atoms with E-state index in [4.69, 9.17) is 4.84 Å². The van der Waals surface area contributed by atoms with Crippen molar-refractivity contribution in [3.05, 3.63) is 90.3 Å². The maximum Gasteiger partial charge on any atom is 0.362 e. The second-order valence-electron chi connectivity index (χ2n) is 5.12. The molecule has 1 aromatic heterocycles. The Morgan fingerprint density at radius 1 is 0.885 bits per heavy atom. The van der Waals surface area contributed by atoms with E-state index < -0.39 is 11.9 Å². The summed E-state index contributed by atoms with van der Waals surface area (Å²) < 4.78 is 0. The summed E-state index contributed by atoms with van der Waals surface area (Å²) in [7, 11) is 0. The highest BCUT2D eigenvalue weighted by molar-refractivity contribution is 5.92. The highest BCUT2D eigenvalue weighted by Crippen LogP contribution is 2.17. The van der Waals surface area contributed by atoms with Crippen molar-refractivity contribution in [3.8, 4) is 0 Å². The van der Waals surface area contributed by atoms with E-state index in [1.807, 2.05) is 6.07 Å². The molecule has 128 valence electrons. The Morgan fingerprint density at radius 3 is 2.31 bits per heavy atom. The van der Waals surface area contributed by atoms with Crippen LogP contribution in [0.4, 0.5) is 11.4 Å². The van der Waals surface area contributed by atoms with Gasteiger partial charge < -0.3 is 4.84 Å². The molecule has 1 N–H and O–H groups in total. The van der Waals surface area contributed by atoms with Gasteiger partial charge in [-0.25, -0.2) is 10.3 Å². The van der Waals surface area contributed by atoms with Gasteiger partial charge in [0.2, 0.25) is 0 Å². The fourth-order valence-electron chi connectivity index (χ4n) is 1.98. The van der Waals surface area contributed by atoms with Gasteiger partial charge in [0.25, 0.3) is 0 Å². The number of carbonyl (C=O) groups is 2. The van der Waals surface area contributed by atoms with E-state index in [1.54, 1.807) is 66.7 Å². The van der Waals surface area contributed by atoms with Crippen LogP contribution in [-0.4, -0.2) is 16.9 Å². The lowest BCUT2D eigenvalue weighted by Crippen LogP contribution is -2.10. The van der Waals surface area contributed by atoms with Crippen molar-refractivity contribution in [2.45, 2.75) is 0 Å². The summed E-state index contributed by atoms with van der Waals surface area (Å²) in [4.78, 5) is 32.6. The van der Waals surface area contributed by atoms with Crippen molar-refractivity contribution in [3.63, 3.8) is 0 Å². The molecule has 0 aliphatic heterocycles. The van der Waals surface area contributed by atoms with Gasteiger partial charge in [0, 0.05) is 6.20 Å². The van der Waals surface area contributed by atoms with Crippen LogP contribution in [0, 0.1) is 0 Å². The molecule has 0 atom stereocenters. The van der Waals surface area contributed by atoms with Gasteiger partial charge in [-0.15, -0.1) is 10.2 Å². The molecule has 0 spiro atoms. The molecule has 3 aromatic rings. The summed E-state index contributed by atoms with van der Waals surface area (Å²) in [6.07, 6.45) is 1.51. The van der Waals surface area contributed by atoms with Crippen molar-refractivity contribution < 1.29 is 14.4 Å². The predicted molar refractivity (Wildman–Crippen MR) is 95.0 cm³/mol. The number of nitrogens with one attached hydrogen (secondary N) is 1. The zero-order chi connectivity index (χ0) is 18.2. The van der Waals surface area contributed by atoms with Crippen molar-refractivity contribution >= 4 is 23.3 Å².